The highest BCUT2D eigenvalue weighted by molar-refractivity contribution is 7.93. The molecular formula is C39H45F9O9S3. The van der Waals surface area contributed by atoms with E-state index in [1.807, 2.05) is 20.8 Å². The standard InChI is InChI=1S/C39H45F9O9S3/c1-4-7-10-13-16-55-31-19-25-28(22-34(31)58(49,50)37(40,41)42)26-20-32(56-17-14-11-8-5-2)36(60(53,54)39(46,47)48)24-30(26)27-21-33(57-18-15-12-9-6-3)35(23-29(25)27)59(51,52)38(43,44)45/h19-24H,4-18H2,1-3H3. The molecular weight excluding hydrogens is 880 g/mol. The second-order valence-electron chi connectivity index (χ2n) is 14.1. The topological polar surface area (TPSA) is 130 Å². The fourth-order valence-electron chi connectivity index (χ4n) is 6.49. The van der Waals surface area contributed by atoms with Gasteiger partial charge in [-0.3, -0.25) is 0 Å². The predicted molar refractivity (Wildman–Crippen MR) is 208 cm³/mol. The van der Waals surface area contributed by atoms with Crippen LogP contribution in [0.5, 0.6) is 17.2 Å². The van der Waals surface area contributed by atoms with Gasteiger partial charge in [0.2, 0.25) is 0 Å². The smallest absolute Gasteiger partial charge is 0.492 e. The molecule has 0 atom stereocenters. The van der Waals surface area contributed by atoms with Crippen LogP contribution >= 0.6 is 0 Å². The molecule has 4 aromatic carbocycles. The van der Waals surface area contributed by atoms with Crippen LogP contribution in [-0.2, 0) is 29.5 Å². The van der Waals surface area contributed by atoms with Crippen molar-refractivity contribution < 1.29 is 79.0 Å². The highest BCUT2D eigenvalue weighted by Crippen LogP contribution is 2.48. The number of unbranched alkanes of at least 4 members (excludes halogenated alkanes) is 9. The third-order valence-corrected chi connectivity index (χ3v) is 14.2. The van der Waals surface area contributed by atoms with Crippen molar-refractivity contribution >= 4 is 61.8 Å². The molecule has 0 unspecified atom stereocenters. The normalized spacial score (nSPS) is 13.4. The van der Waals surface area contributed by atoms with E-state index < -0.39 is 110 Å². The quantitative estimate of drug-likeness (QED) is 0.0455. The van der Waals surface area contributed by atoms with Gasteiger partial charge < -0.3 is 14.2 Å². The highest BCUT2D eigenvalue weighted by Gasteiger charge is 2.51. The van der Waals surface area contributed by atoms with Crippen LogP contribution in [0.2, 0.25) is 0 Å². The molecule has 0 bridgehead atoms. The minimum Gasteiger partial charge on any atom is -0.492 e. The summed E-state index contributed by atoms with van der Waals surface area (Å²) in [6, 6.07) is 3.66. The fourth-order valence-corrected chi connectivity index (χ4v) is 9.21. The van der Waals surface area contributed by atoms with E-state index in [1.54, 1.807) is 0 Å². The number of ether oxygens (including phenoxy) is 3. The number of benzene rings is 4. The Morgan fingerprint density at radius 1 is 0.367 bits per heavy atom. The summed E-state index contributed by atoms with van der Waals surface area (Å²) in [7, 11) is -18.9. The van der Waals surface area contributed by atoms with E-state index in [0.29, 0.717) is 56.7 Å². The summed E-state index contributed by atoms with van der Waals surface area (Å²) in [5, 5.41) is -2.86. The van der Waals surface area contributed by atoms with Gasteiger partial charge in [0, 0.05) is 0 Å². The lowest BCUT2D eigenvalue weighted by Crippen LogP contribution is -2.24. The molecule has 4 aromatic rings. The molecule has 0 aliphatic rings. The maximum Gasteiger partial charge on any atom is 0.502 e. The van der Waals surface area contributed by atoms with Crippen molar-refractivity contribution in [2.24, 2.45) is 0 Å². The molecule has 0 heterocycles. The Morgan fingerprint density at radius 3 is 0.783 bits per heavy atom. The van der Waals surface area contributed by atoms with Gasteiger partial charge in [0.1, 0.15) is 31.9 Å². The molecule has 336 valence electrons. The first-order valence-corrected chi connectivity index (χ1v) is 23.7. The number of hydrogen-bond acceptors (Lipinski definition) is 9. The first-order valence-electron chi connectivity index (χ1n) is 19.2. The Labute approximate surface area is 342 Å². The molecule has 4 rings (SSSR count). The fraction of sp³-hybridized carbons (Fsp3) is 0.538. The third-order valence-electron chi connectivity index (χ3n) is 9.67. The Hall–Kier alpha value is -3.72. The minimum atomic E-state index is -6.29. The first-order chi connectivity index (χ1) is 27.9. The van der Waals surface area contributed by atoms with Gasteiger partial charge in [0.15, 0.2) is 0 Å². The molecule has 0 saturated carbocycles. The SMILES string of the molecule is CCCCCCOc1cc2c(cc1S(=O)(=O)C(F)(F)F)c1cc(OCCCCCC)c(S(=O)(=O)C(F)(F)F)cc1c1cc(OCCCCCC)c(S(=O)(=O)C(F)(F)F)cc21. The maximum atomic E-state index is 14.2. The van der Waals surface area contributed by atoms with E-state index in [2.05, 4.69) is 0 Å². The minimum absolute atomic E-state index is 0.234. The second kappa shape index (κ2) is 19.1. The van der Waals surface area contributed by atoms with Crippen LogP contribution in [0.4, 0.5) is 39.5 Å². The van der Waals surface area contributed by atoms with Crippen molar-refractivity contribution in [2.45, 2.75) is 129 Å². The lowest BCUT2D eigenvalue weighted by Gasteiger charge is -2.21. The number of fused-ring (bicyclic) bond motifs is 6. The van der Waals surface area contributed by atoms with Crippen LogP contribution in [0.25, 0.3) is 32.3 Å². The van der Waals surface area contributed by atoms with E-state index in [4.69, 9.17) is 14.2 Å². The van der Waals surface area contributed by atoms with Gasteiger partial charge in [-0.25, -0.2) is 25.3 Å². The van der Waals surface area contributed by atoms with Crippen LogP contribution in [0.1, 0.15) is 97.8 Å². The zero-order valence-corrected chi connectivity index (χ0v) is 35.3. The molecule has 21 heteroatoms. The van der Waals surface area contributed by atoms with E-state index >= 15 is 0 Å². The van der Waals surface area contributed by atoms with Crippen LogP contribution in [-0.4, -0.2) is 61.6 Å². The lowest BCUT2D eigenvalue weighted by atomic mass is 9.93. The molecule has 0 aromatic heterocycles. The summed E-state index contributed by atoms with van der Waals surface area (Å²) in [6.07, 6.45) is 6.52. The molecule has 60 heavy (non-hydrogen) atoms. The zero-order valence-electron chi connectivity index (χ0n) is 32.9. The van der Waals surface area contributed by atoms with Crippen LogP contribution in [0.15, 0.2) is 51.1 Å². The monoisotopic (exact) mass is 924 g/mol. The highest BCUT2D eigenvalue weighted by atomic mass is 32.2. The molecule has 0 N–H and O–H groups in total. The summed E-state index contributed by atoms with van der Waals surface area (Å²) >= 11 is 0. The number of halogens is 9. The van der Waals surface area contributed by atoms with Crippen molar-refractivity contribution in [3.8, 4) is 17.2 Å². The van der Waals surface area contributed by atoms with Gasteiger partial charge in [-0.2, -0.15) is 39.5 Å². The van der Waals surface area contributed by atoms with Crippen molar-refractivity contribution in [1.82, 2.24) is 0 Å². The van der Waals surface area contributed by atoms with Crippen molar-refractivity contribution in [2.75, 3.05) is 19.8 Å². The second-order valence-corrected chi connectivity index (χ2v) is 19.8. The number of rotatable bonds is 21. The largest absolute Gasteiger partial charge is 0.502 e. The van der Waals surface area contributed by atoms with E-state index in [1.165, 1.54) is 0 Å². The van der Waals surface area contributed by atoms with E-state index in [9.17, 15) is 64.8 Å². The zero-order chi connectivity index (χ0) is 44.9. The Bertz CT molecular complexity index is 2190. The van der Waals surface area contributed by atoms with Gasteiger partial charge >= 0.3 is 16.5 Å². The number of sulfone groups is 3. The molecule has 9 nitrogen and oxygen atoms in total. The Morgan fingerprint density at radius 2 is 0.583 bits per heavy atom. The average molecular weight is 925 g/mol. The van der Waals surface area contributed by atoms with Crippen molar-refractivity contribution in [3.05, 3.63) is 36.4 Å². The number of alkyl halides is 9. The Balaban J connectivity index is 2.29. The van der Waals surface area contributed by atoms with Gasteiger partial charge in [0.25, 0.3) is 29.5 Å². The molecule has 0 fully saturated rings. The summed E-state index contributed by atoms with van der Waals surface area (Å²) < 4.78 is 223. The summed E-state index contributed by atoms with van der Waals surface area (Å²) in [4.78, 5) is -4.41. The van der Waals surface area contributed by atoms with Gasteiger partial charge in [-0.1, -0.05) is 78.6 Å². The molecule has 0 aliphatic heterocycles. The van der Waals surface area contributed by atoms with E-state index in [-0.39, 0.29) is 39.1 Å². The molecule has 0 amide bonds. The Kier molecular flexibility index (Phi) is 15.6. The third kappa shape index (κ3) is 10.3. The molecule has 0 spiro atoms. The van der Waals surface area contributed by atoms with Gasteiger partial charge in [-0.15, -0.1) is 0 Å². The van der Waals surface area contributed by atoms with Crippen LogP contribution < -0.4 is 14.2 Å². The van der Waals surface area contributed by atoms with Crippen LogP contribution in [0.3, 0.4) is 0 Å². The average Bonchev–Trinajstić information content (AvgIpc) is 3.15. The molecule has 0 aliphatic carbocycles. The number of hydrogen-bond donors (Lipinski definition) is 0. The summed E-state index contributed by atoms with van der Waals surface area (Å²) in [6.45, 7) is 4.64. The molecule has 0 radical (unpaired) electrons. The summed E-state index contributed by atoms with van der Waals surface area (Å²) in [5.74, 6) is -2.72. The van der Waals surface area contributed by atoms with Crippen LogP contribution in [0, 0.1) is 0 Å². The maximum absolute atomic E-state index is 14.2. The lowest BCUT2D eigenvalue weighted by molar-refractivity contribution is -0.0443. The first kappa shape index (κ1) is 48.9. The molecule has 0 saturated heterocycles. The van der Waals surface area contributed by atoms with Crippen molar-refractivity contribution in [1.29, 1.82) is 0 Å². The summed E-state index contributed by atoms with van der Waals surface area (Å²) in [5.41, 5.74) is -17.8. The predicted octanol–water partition coefficient (Wildman–Crippen LogP) is 11.9. The van der Waals surface area contributed by atoms with E-state index in [0.717, 1.165) is 37.5 Å². The van der Waals surface area contributed by atoms with Gasteiger partial charge in [0.05, 0.1) is 19.8 Å². The van der Waals surface area contributed by atoms with Crippen molar-refractivity contribution in [3.63, 3.8) is 0 Å². The van der Waals surface area contributed by atoms with Gasteiger partial charge in [-0.05, 0) is 88.0 Å².